The highest BCUT2D eigenvalue weighted by Crippen LogP contribution is 2.14. The SMILES string of the molecule is CC(CO)CCCNCC(C)(O)C(C)C. The van der Waals surface area contributed by atoms with E-state index in [-0.39, 0.29) is 12.5 Å². The summed E-state index contributed by atoms with van der Waals surface area (Å²) in [6, 6.07) is 0. The molecule has 2 unspecified atom stereocenters. The molecule has 3 heteroatoms. The van der Waals surface area contributed by atoms with Crippen LogP contribution in [0.4, 0.5) is 0 Å². The predicted octanol–water partition coefficient (Wildman–Crippen LogP) is 1.39. The zero-order valence-corrected chi connectivity index (χ0v) is 10.6. The van der Waals surface area contributed by atoms with Crippen molar-refractivity contribution >= 4 is 0 Å². The van der Waals surface area contributed by atoms with Gasteiger partial charge in [0.05, 0.1) is 5.60 Å². The van der Waals surface area contributed by atoms with E-state index in [0.29, 0.717) is 12.5 Å². The summed E-state index contributed by atoms with van der Waals surface area (Å²) in [4.78, 5) is 0. The van der Waals surface area contributed by atoms with Crippen LogP contribution in [0.15, 0.2) is 0 Å². The topological polar surface area (TPSA) is 52.5 Å². The van der Waals surface area contributed by atoms with E-state index in [1.807, 2.05) is 27.7 Å². The molecule has 0 aromatic carbocycles. The molecule has 15 heavy (non-hydrogen) atoms. The molecule has 0 saturated heterocycles. The molecule has 3 nitrogen and oxygen atoms in total. The van der Waals surface area contributed by atoms with Crippen LogP contribution in [0.5, 0.6) is 0 Å². The van der Waals surface area contributed by atoms with Crippen LogP contribution in [0.2, 0.25) is 0 Å². The fraction of sp³-hybridized carbons (Fsp3) is 1.00. The lowest BCUT2D eigenvalue weighted by Crippen LogP contribution is -2.42. The lowest BCUT2D eigenvalue weighted by molar-refractivity contribution is 0.0143. The lowest BCUT2D eigenvalue weighted by atomic mass is 9.92. The third-order valence-electron chi connectivity index (χ3n) is 3.09. The van der Waals surface area contributed by atoms with E-state index in [1.54, 1.807) is 0 Å². The highest BCUT2D eigenvalue weighted by atomic mass is 16.3. The van der Waals surface area contributed by atoms with Crippen LogP contribution in [-0.4, -0.2) is 35.5 Å². The van der Waals surface area contributed by atoms with Gasteiger partial charge in [-0.1, -0.05) is 20.8 Å². The maximum atomic E-state index is 9.94. The number of hydrogen-bond donors (Lipinski definition) is 3. The van der Waals surface area contributed by atoms with Crippen LogP contribution in [-0.2, 0) is 0 Å². The van der Waals surface area contributed by atoms with Gasteiger partial charge in [-0.3, -0.25) is 0 Å². The van der Waals surface area contributed by atoms with Crippen LogP contribution in [0, 0.1) is 11.8 Å². The minimum absolute atomic E-state index is 0.265. The van der Waals surface area contributed by atoms with Gasteiger partial charge in [0, 0.05) is 13.2 Å². The molecular weight excluding hydrogens is 190 g/mol. The monoisotopic (exact) mass is 217 g/mol. The van der Waals surface area contributed by atoms with E-state index in [1.165, 1.54) is 0 Å². The Morgan fingerprint density at radius 2 is 1.87 bits per heavy atom. The van der Waals surface area contributed by atoms with Crippen LogP contribution in [0.1, 0.15) is 40.5 Å². The molecular formula is C12H27NO2. The van der Waals surface area contributed by atoms with Crippen LogP contribution in [0.25, 0.3) is 0 Å². The maximum Gasteiger partial charge on any atom is 0.0766 e. The third kappa shape index (κ3) is 6.88. The van der Waals surface area contributed by atoms with Crippen molar-refractivity contribution in [2.45, 2.75) is 46.1 Å². The van der Waals surface area contributed by atoms with Gasteiger partial charge in [0.15, 0.2) is 0 Å². The fourth-order valence-electron chi connectivity index (χ4n) is 1.21. The summed E-state index contributed by atoms with van der Waals surface area (Å²) >= 11 is 0. The molecule has 0 saturated carbocycles. The Labute approximate surface area is 93.9 Å². The van der Waals surface area contributed by atoms with Gasteiger partial charge in [0.1, 0.15) is 0 Å². The molecule has 0 spiro atoms. The molecule has 0 aliphatic heterocycles. The standard InChI is InChI=1S/C12H27NO2/c1-10(2)12(4,15)9-13-7-5-6-11(3)8-14/h10-11,13-15H,5-9H2,1-4H3. The van der Waals surface area contributed by atoms with Crippen molar-refractivity contribution in [3.63, 3.8) is 0 Å². The molecule has 0 aliphatic rings. The normalized spacial score (nSPS) is 17.8. The Hall–Kier alpha value is -0.120. The molecule has 2 atom stereocenters. The molecule has 0 aromatic heterocycles. The zero-order chi connectivity index (χ0) is 11.9. The molecule has 3 N–H and O–H groups in total. The van der Waals surface area contributed by atoms with E-state index < -0.39 is 5.60 Å². The number of aliphatic hydroxyl groups excluding tert-OH is 1. The molecule has 0 bridgehead atoms. The number of hydrogen-bond acceptors (Lipinski definition) is 3. The van der Waals surface area contributed by atoms with Crippen molar-refractivity contribution in [1.82, 2.24) is 5.32 Å². The Morgan fingerprint density at radius 3 is 2.33 bits per heavy atom. The van der Waals surface area contributed by atoms with Gasteiger partial charge in [0.25, 0.3) is 0 Å². The molecule has 0 fully saturated rings. The second-order valence-corrected chi connectivity index (χ2v) is 5.12. The number of aliphatic hydroxyl groups is 2. The number of nitrogens with one attached hydrogen (secondary N) is 1. The minimum Gasteiger partial charge on any atom is -0.396 e. The predicted molar refractivity (Wildman–Crippen MR) is 63.8 cm³/mol. The van der Waals surface area contributed by atoms with E-state index in [2.05, 4.69) is 5.32 Å². The van der Waals surface area contributed by atoms with Gasteiger partial charge in [-0.15, -0.1) is 0 Å². The minimum atomic E-state index is -0.622. The zero-order valence-electron chi connectivity index (χ0n) is 10.6. The summed E-state index contributed by atoms with van der Waals surface area (Å²) in [5.74, 6) is 0.652. The second-order valence-electron chi connectivity index (χ2n) is 5.12. The van der Waals surface area contributed by atoms with Crippen LogP contribution in [0.3, 0.4) is 0 Å². The van der Waals surface area contributed by atoms with Crippen molar-refractivity contribution in [2.24, 2.45) is 11.8 Å². The molecule has 92 valence electrons. The fourth-order valence-corrected chi connectivity index (χ4v) is 1.21. The number of rotatable bonds is 8. The first-order valence-corrected chi connectivity index (χ1v) is 5.94. The third-order valence-corrected chi connectivity index (χ3v) is 3.09. The van der Waals surface area contributed by atoms with Gasteiger partial charge < -0.3 is 15.5 Å². The molecule has 0 amide bonds. The van der Waals surface area contributed by atoms with E-state index in [0.717, 1.165) is 19.4 Å². The average Bonchev–Trinajstić information content (AvgIpc) is 2.16. The molecule has 0 aromatic rings. The Bertz CT molecular complexity index is 158. The van der Waals surface area contributed by atoms with Crippen LogP contribution < -0.4 is 5.32 Å². The van der Waals surface area contributed by atoms with Crippen molar-refractivity contribution in [3.8, 4) is 0 Å². The maximum absolute atomic E-state index is 9.94. The Balaban J connectivity index is 3.46. The molecule has 0 heterocycles. The summed E-state index contributed by atoms with van der Waals surface area (Å²) in [6.07, 6.45) is 2.09. The molecule has 0 radical (unpaired) electrons. The first kappa shape index (κ1) is 14.9. The van der Waals surface area contributed by atoms with Crippen molar-refractivity contribution < 1.29 is 10.2 Å². The van der Waals surface area contributed by atoms with E-state index >= 15 is 0 Å². The van der Waals surface area contributed by atoms with Gasteiger partial charge >= 0.3 is 0 Å². The quantitative estimate of drug-likeness (QED) is 0.539. The highest BCUT2D eigenvalue weighted by molar-refractivity contribution is 4.78. The average molecular weight is 217 g/mol. The van der Waals surface area contributed by atoms with Gasteiger partial charge in [-0.25, -0.2) is 0 Å². The second kappa shape index (κ2) is 7.20. The summed E-state index contributed by atoms with van der Waals surface area (Å²) in [6.45, 7) is 9.77. The van der Waals surface area contributed by atoms with Gasteiger partial charge in [0.2, 0.25) is 0 Å². The Morgan fingerprint density at radius 1 is 1.27 bits per heavy atom. The highest BCUT2D eigenvalue weighted by Gasteiger charge is 2.23. The van der Waals surface area contributed by atoms with Crippen molar-refractivity contribution in [1.29, 1.82) is 0 Å². The molecule has 0 aliphatic carbocycles. The van der Waals surface area contributed by atoms with E-state index in [4.69, 9.17) is 5.11 Å². The smallest absolute Gasteiger partial charge is 0.0766 e. The first-order valence-electron chi connectivity index (χ1n) is 5.94. The first-order chi connectivity index (χ1) is 6.90. The summed E-state index contributed by atoms with van der Waals surface area (Å²) in [7, 11) is 0. The van der Waals surface area contributed by atoms with Gasteiger partial charge in [-0.2, -0.15) is 0 Å². The summed E-state index contributed by atoms with van der Waals surface area (Å²) in [5.41, 5.74) is -0.622. The lowest BCUT2D eigenvalue weighted by Gasteiger charge is -2.28. The van der Waals surface area contributed by atoms with Crippen molar-refractivity contribution in [3.05, 3.63) is 0 Å². The van der Waals surface area contributed by atoms with E-state index in [9.17, 15) is 5.11 Å². The van der Waals surface area contributed by atoms with Crippen molar-refractivity contribution in [2.75, 3.05) is 19.7 Å². The van der Waals surface area contributed by atoms with Gasteiger partial charge in [-0.05, 0) is 38.1 Å². The summed E-state index contributed by atoms with van der Waals surface area (Å²) < 4.78 is 0. The molecule has 0 rings (SSSR count). The largest absolute Gasteiger partial charge is 0.396 e. The Kier molecular flexibility index (Phi) is 7.14. The summed E-state index contributed by atoms with van der Waals surface area (Å²) in [5, 5.41) is 22.0. The van der Waals surface area contributed by atoms with Crippen LogP contribution >= 0.6 is 0 Å².